The van der Waals surface area contributed by atoms with Crippen molar-refractivity contribution in [1.29, 1.82) is 0 Å². The molecule has 1 aliphatic heterocycles. The summed E-state index contributed by atoms with van der Waals surface area (Å²) in [6.45, 7) is 0.179. The summed E-state index contributed by atoms with van der Waals surface area (Å²) >= 11 is 2.98. The molecule has 1 aromatic rings. The molecular formula is C11H9BrFNO4. The number of hydrogen-bond acceptors (Lipinski definition) is 4. The number of alkyl carbamates (subject to hydrolysis) is 1. The van der Waals surface area contributed by atoms with E-state index in [1.165, 1.54) is 18.2 Å². The first kappa shape index (κ1) is 12.8. The fourth-order valence-corrected chi connectivity index (χ4v) is 1.78. The van der Waals surface area contributed by atoms with Crippen LogP contribution >= 0.6 is 15.9 Å². The number of amides is 1. The van der Waals surface area contributed by atoms with Crippen LogP contribution in [0.25, 0.3) is 0 Å². The molecule has 1 amide bonds. The van der Waals surface area contributed by atoms with E-state index >= 15 is 0 Å². The topological polar surface area (TPSA) is 64.6 Å². The van der Waals surface area contributed by atoms with Crippen LogP contribution in [0.2, 0.25) is 0 Å². The van der Waals surface area contributed by atoms with Crippen LogP contribution in [0.4, 0.5) is 9.18 Å². The van der Waals surface area contributed by atoms with Gasteiger partial charge in [0.05, 0.1) is 10.0 Å². The normalized spacial score (nSPS) is 18.1. The van der Waals surface area contributed by atoms with Gasteiger partial charge < -0.3 is 14.8 Å². The summed E-state index contributed by atoms with van der Waals surface area (Å²) in [5.41, 5.74) is 0.230. The van der Waals surface area contributed by atoms with Crippen LogP contribution in [0.1, 0.15) is 10.4 Å². The largest absolute Gasteiger partial charge is 0.460 e. The molecular weight excluding hydrogens is 309 g/mol. The molecule has 1 aliphatic rings. The Morgan fingerprint density at radius 2 is 2.39 bits per heavy atom. The first-order chi connectivity index (χ1) is 8.56. The predicted molar refractivity (Wildman–Crippen MR) is 62.7 cm³/mol. The quantitative estimate of drug-likeness (QED) is 0.864. The minimum absolute atomic E-state index is 0.0135. The van der Waals surface area contributed by atoms with E-state index in [9.17, 15) is 14.0 Å². The number of esters is 1. The molecule has 0 spiro atoms. The second-order valence-electron chi connectivity index (χ2n) is 3.67. The van der Waals surface area contributed by atoms with Crippen LogP contribution in [-0.2, 0) is 9.47 Å². The Labute approximate surface area is 110 Å². The maximum atomic E-state index is 13.0. The monoisotopic (exact) mass is 317 g/mol. The summed E-state index contributed by atoms with van der Waals surface area (Å²) in [4.78, 5) is 22.4. The van der Waals surface area contributed by atoms with Gasteiger partial charge in [0.1, 0.15) is 25.1 Å². The standard InChI is InChI=1S/C11H9BrFNO4/c12-8-3-6(1-2-9(8)13)10(15)17-4-7-5-18-11(16)14-7/h1-3,7H,4-5H2,(H,14,16)/t7-/m1/s1. The van der Waals surface area contributed by atoms with E-state index in [4.69, 9.17) is 4.74 Å². The van der Waals surface area contributed by atoms with E-state index in [-0.39, 0.29) is 29.3 Å². The van der Waals surface area contributed by atoms with Gasteiger partial charge in [-0.2, -0.15) is 0 Å². The molecule has 1 saturated heterocycles. The summed E-state index contributed by atoms with van der Waals surface area (Å²) in [6.07, 6.45) is -0.527. The molecule has 18 heavy (non-hydrogen) atoms. The highest BCUT2D eigenvalue weighted by Crippen LogP contribution is 2.17. The maximum Gasteiger partial charge on any atom is 0.407 e. The molecule has 1 fully saturated rings. The van der Waals surface area contributed by atoms with Gasteiger partial charge in [-0.05, 0) is 34.1 Å². The lowest BCUT2D eigenvalue weighted by Gasteiger charge is -2.08. The number of nitrogens with one attached hydrogen (secondary N) is 1. The number of ether oxygens (including phenoxy) is 2. The van der Waals surface area contributed by atoms with Gasteiger partial charge in [0, 0.05) is 0 Å². The molecule has 0 radical (unpaired) electrons. The van der Waals surface area contributed by atoms with E-state index in [1.807, 2.05) is 0 Å². The van der Waals surface area contributed by atoms with E-state index in [0.717, 1.165) is 0 Å². The number of halogens is 2. The van der Waals surface area contributed by atoms with Crippen molar-refractivity contribution < 1.29 is 23.5 Å². The Hall–Kier alpha value is -1.63. The fraction of sp³-hybridized carbons (Fsp3) is 0.273. The second-order valence-corrected chi connectivity index (χ2v) is 4.52. The highest BCUT2D eigenvalue weighted by molar-refractivity contribution is 9.10. The Balaban J connectivity index is 1.91. The first-order valence-electron chi connectivity index (χ1n) is 5.12. The van der Waals surface area contributed by atoms with Crippen molar-refractivity contribution in [1.82, 2.24) is 5.32 Å². The Kier molecular flexibility index (Phi) is 3.81. The molecule has 0 saturated carbocycles. The van der Waals surface area contributed by atoms with Crippen LogP contribution in [0, 0.1) is 5.82 Å². The highest BCUT2D eigenvalue weighted by Gasteiger charge is 2.23. The van der Waals surface area contributed by atoms with Gasteiger partial charge in [-0.15, -0.1) is 0 Å². The molecule has 0 aromatic heterocycles. The molecule has 0 aliphatic carbocycles. The zero-order valence-corrected chi connectivity index (χ0v) is 10.7. The molecule has 2 rings (SSSR count). The van der Waals surface area contributed by atoms with Crippen LogP contribution in [0.15, 0.2) is 22.7 Å². The third kappa shape index (κ3) is 2.98. The minimum atomic E-state index is -0.586. The lowest BCUT2D eigenvalue weighted by molar-refractivity contribution is 0.0468. The molecule has 1 N–H and O–H groups in total. The first-order valence-corrected chi connectivity index (χ1v) is 5.91. The zero-order valence-electron chi connectivity index (χ0n) is 9.11. The molecule has 1 atom stereocenters. The Morgan fingerprint density at radius 1 is 1.61 bits per heavy atom. The van der Waals surface area contributed by atoms with Gasteiger partial charge >= 0.3 is 12.1 Å². The molecule has 0 bridgehead atoms. The number of hydrogen-bond donors (Lipinski definition) is 1. The number of cyclic esters (lactones) is 1. The van der Waals surface area contributed by atoms with E-state index < -0.39 is 17.9 Å². The van der Waals surface area contributed by atoms with E-state index in [2.05, 4.69) is 26.0 Å². The molecule has 0 unspecified atom stereocenters. The van der Waals surface area contributed by atoms with Crippen molar-refractivity contribution >= 4 is 28.0 Å². The number of rotatable bonds is 3. The fourth-order valence-electron chi connectivity index (χ4n) is 1.40. The van der Waals surface area contributed by atoms with E-state index in [0.29, 0.717) is 0 Å². The summed E-state index contributed by atoms with van der Waals surface area (Å²) in [5.74, 6) is -1.04. The minimum Gasteiger partial charge on any atom is -0.460 e. The van der Waals surface area contributed by atoms with Crippen LogP contribution in [0.5, 0.6) is 0 Å². The van der Waals surface area contributed by atoms with Crippen LogP contribution < -0.4 is 5.32 Å². The van der Waals surface area contributed by atoms with Gasteiger partial charge in [-0.3, -0.25) is 0 Å². The van der Waals surface area contributed by atoms with Crippen molar-refractivity contribution in [3.8, 4) is 0 Å². The molecule has 1 aromatic carbocycles. The smallest absolute Gasteiger partial charge is 0.407 e. The maximum absolute atomic E-state index is 13.0. The molecule has 96 valence electrons. The van der Waals surface area contributed by atoms with Crippen molar-refractivity contribution in [3.63, 3.8) is 0 Å². The third-order valence-corrected chi connectivity index (χ3v) is 2.92. The van der Waals surface area contributed by atoms with Crippen molar-refractivity contribution in [2.45, 2.75) is 6.04 Å². The van der Waals surface area contributed by atoms with Gasteiger partial charge in [0.15, 0.2) is 0 Å². The van der Waals surface area contributed by atoms with Crippen molar-refractivity contribution in [3.05, 3.63) is 34.1 Å². The third-order valence-electron chi connectivity index (χ3n) is 2.31. The second kappa shape index (κ2) is 5.34. The lowest BCUT2D eigenvalue weighted by atomic mass is 10.2. The van der Waals surface area contributed by atoms with Crippen molar-refractivity contribution in [2.24, 2.45) is 0 Å². The van der Waals surface area contributed by atoms with Gasteiger partial charge in [-0.25, -0.2) is 14.0 Å². The number of carbonyl (C=O) groups is 2. The van der Waals surface area contributed by atoms with Crippen molar-refractivity contribution in [2.75, 3.05) is 13.2 Å². The van der Waals surface area contributed by atoms with Crippen LogP contribution in [-0.4, -0.2) is 31.3 Å². The average molecular weight is 318 g/mol. The predicted octanol–water partition coefficient (Wildman–Crippen LogP) is 1.85. The SMILES string of the molecule is O=C1N[C@H](COC(=O)c2ccc(F)c(Br)c2)CO1. The van der Waals surface area contributed by atoms with Gasteiger partial charge in [0.25, 0.3) is 0 Å². The molecule has 1 heterocycles. The summed E-state index contributed by atoms with van der Waals surface area (Å²) in [5, 5.41) is 2.47. The van der Waals surface area contributed by atoms with Crippen LogP contribution in [0.3, 0.4) is 0 Å². The Morgan fingerprint density at radius 3 is 3.00 bits per heavy atom. The number of benzene rings is 1. The lowest BCUT2D eigenvalue weighted by Crippen LogP contribution is -2.31. The van der Waals surface area contributed by atoms with E-state index in [1.54, 1.807) is 0 Å². The number of carbonyl (C=O) groups excluding carboxylic acids is 2. The average Bonchev–Trinajstić information content (AvgIpc) is 2.75. The van der Waals surface area contributed by atoms with Gasteiger partial charge in [-0.1, -0.05) is 0 Å². The summed E-state index contributed by atoms with van der Waals surface area (Å²) in [6, 6.07) is 3.49. The van der Waals surface area contributed by atoms with Gasteiger partial charge in [0.2, 0.25) is 0 Å². The summed E-state index contributed by atoms with van der Waals surface area (Å²) in [7, 11) is 0. The zero-order chi connectivity index (χ0) is 13.1. The summed E-state index contributed by atoms with van der Waals surface area (Å²) < 4.78 is 22.8. The highest BCUT2D eigenvalue weighted by atomic mass is 79.9. The molecule has 7 heteroatoms. The Bertz CT molecular complexity index is 494. The molecule has 5 nitrogen and oxygen atoms in total.